The minimum atomic E-state index is 0.592. The third-order valence-corrected chi connectivity index (χ3v) is 6.25. The van der Waals surface area contributed by atoms with Crippen LogP contribution in [0.5, 0.6) is 0 Å². The summed E-state index contributed by atoms with van der Waals surface area (Å²) in [5.41, 5.74) is 1.58. The van der Waals surface area contributed by atoms with E-state index in [-0.39, 0.29) is 0 Å². The van der Waals surface area contributed by atoms with Gasteiger partial charge in [-0.1, -0.05) is 6.92 Å². The van der Waals surface area contributed by atoms with Crippen molar-refractivity contribution in [2.75, 3.05) is 20.1 Å². The molecule has 0 aliphatic heterocycles. The maximum Gasteiger partial charge on any atom is 0.0659 e. The van der Waals surface area contributed by atoms with Crippen molar-refractivity contribution in [1.29, 1.82) is 0 Å². The Hall–Kier alpha value is 0.350. The van der Waals surface area contributed by atoms with Crippen LogP contribution in [0.25, 0.3) is 0 Å². The third-order valence-electron chi connectivity index (χ3n) is 4.28. The minimum absolute atomic E-state index is 0.592. The van der Waals surface area contributed by atoms with Crippen molar-refractivity contribution in [1.82, 2.24) is 10.2 Å². The van der Waals surface area contributed by atoms with Gasteiger partial charge in [0.15, 0.2) is 0 Å². The second-order valence-corrected chi connectivity index (χ2v) is 8.60. The Morgan fingerprint density at radius 1 is 1.58 bits per heavy atom. The number of aryl methyl sites for hydroxylation is 1. The molecule has 0 spiro atoms. The van der Waals surface area contributed by atoms with E-state index >= 15 is 0 Å². The number of nitrogens with one attached hydrogen (secondary N) is 1. The zero-order chi connectivity index (χ0) is 13.8. The van der Waals surface area contributed by atoms with E-state index in [1.54, 1.807) is 10.4 Å². The summed E-state index contributed by atoms with van der Waals surface area (Å²) in [5.74, 6) is 0. The molecule has 1 aliphatic carbocycles. The molecule has 108 valence electrons. The van der Waals surface area contributed by atoms with E-state index in [4.69, 9.17) is 0 Å². The van der Waals surface area contributed by atoms with Gasteiger partial charge in [0.25, 0.3) is 0 Å². The highest BCUT2D eigenvalue weighted by Gasteiger charge is 2.22. The highest BCUT2D eigenvalue weighted by molar-refractivity contribution is 14.1. The molecule has 19 heavy (non-hydrogen) atoms. The van der Waals surface area contributed by atoms with Crippen molar-refractivity contribution < 1.29 is 0 Å². The van der Waals surface area contributed by atoms with E-state index in [0.717, 1.165) is 13.1 Å². The van der Waals surface area contributed by atoms with Gasteiger partial charge in [0.2, 0.25) is 0 Å². The van der Waals surface area contributed by atoms with Gasteiger partial charge in [-0.15, -0.1) is 11.3 Å². The molecule has 0 amide bonds. The highest BCUT2D eigenvalue weighted by Crippen LogP contribution is 2.36. The molecule has 0 bridgehead atoms. The van der Waals surface area contributed by atoms with Crippen LogP contribution < -0.4 is 5.32 Å². The van der Waals surface area contributed by atoms with Gasteiger partial charge in [0.1, 0.15) is 0 Å². The van der Waals surface area contributed by atoms with Gasteiger partial charge >= 0.3 is 0 Å². The third kappa shape index (κ3) is 4.16. The van der Waals surface area contributed by atoms with Crippen LogP contribution in [0.1, 0.15) is 49.6 Å². The molecular weight excluding hydrogens is 367 g/mol. The second-order valence-electron chi connectivity index (χ2n) is 5.57. The van der Waals surface area contributed by atoms with Crippen molar-refractivity contribution in [3.05, 3.63) is 19.4 Å². The second kappa shape index (κ2) is 7.38. The van der Waals surface area contributed by atoms with Crippen LogP contribution in [0.3, 0.4) is 0 Å². The Balaban J connectivity index is 1.84. The van der Waals surface area contributed by atoms with Crippen LogP contribution >= 0.6 is 33.9 Å². The first-order valence-electron chi connectivity index (χ1n) is 7.33. The van der Waals surface area contributed by atoms with E-state index in [1.165, 1.54) is 28.6 Å². The first-order valence-corrected chi connectivity index (χ1v) is 9.23. The van der Waals surface area contributed by atoms with Crippen LogP contribution in [0.4, 0.5) is 0 Å². The molecule has 0 radical (unpaired) electrons. The molecule has 1 heterocycles. The zero-order valence-electron chi connectivity index (χ0n) is 12.2. The standard InChI is InChI=1S/C15H25IN2S/c1-4-11(2)18(3)9-8-17-13-6-5-7-14-12(13)10-15(16)19-14/h10-11,13,17H,4-9H2,1-3H3. The smallest absolute Gasteiger partial charge is 0.0659 e. The predicted molar refractivity (Wildman–Crippen MR) is 93.1 cm³/mol. The molecule has 4 heteroatoms. The summed E-state index contributed by atoms with van der Waals surface area (Å²) in [6, 6.07) is 3.66. The average molecular weight is 392 g/mol. The van der Waals surface area contributed by atoms with E-state index in [2.05, 4.69) is 59.8 Å². The molecule has 2 rings (SSSR count). The fraction of sp³-hybridized carbons (Fsp3) is 0.733. The Kier molecular flexibility index (Phi) is 6.11. The van der Waals surface area contributed by atoms with Gasteiger partial charge < -0.3 is 10.2 Å². The maximum absolute atomic E-state index is 3.76. The lowest BCUT2D eigenvalue weighted by molar-refractivity contribution is 0.246. The molecule has 1 aromatic heterocycles. The van der Waals surface area contributed by atoms with Crippen LogP contribution in [0, 0.1) is 2.88 Å². The van der Waals surface area contributed by atoms with Crippen LogP contribution in [0.15, 0.2) is 6.07 Å². The summed E-state index contributed by atoms with van der Waals surface area (Å²) in [6.45, 7) is 6.80. The fourth-order valence-electron chi connectivity index (χ4n) is 2.68. The van der Waals surface area contributed by atoms with Crippen LogP contribution in [-0.4, -0.2) is 31.1 Å². The van der Waals surface area contributed by atoms with Gasteiger partial charge in [-0.3, -0.25) is 0 Å². The first-order chi connectivity index (χ1) is 9.11. The monoisotopic (exact) mass is 392 g/mol. The summed E-state index contributed by atoms with van der Waals surface area (Å²) in [4.78, 5) is 4.07. The van der Waals surface area contributed by atoms with Crippen LogP contribution in [0.2, 0.25) is 0 Å². The van der Waals surface area contributed by atoms with Crippen LogP contribution in [-0.2, 0) is 6.42 Å². The van der Waals surface area contributed by atoms with Crippen molar-refractivity contribution >= 4 is 33.9 Å². The predicted octanol–water partition coefficient (Wildman–Crippen LogP) is 4.05. The minimum Gasteiger partial charge on any atom is -0.309 e. The lowest BCUT2D eigenvalue weighted by Gasteiger charge is -2.27. The van der Waals surface area contributed by atoms with E-state index in [0.29, 0.717) is 12.1 Å². The average Bonchev–Trinajstić information content (AvgIpc) is 2.78. The van der Waals surface area contributed by atoms with Crippen molar-refractivity contribution in [3.8, 4) is 0 Å². The van der Waals surface area contributed by atoms with Crippen molar-refractivity contribution in [3.63, 3.8) is 0 Å². The van der Waals surface area contributed by atoms with Crippen molar-refractivity contribution in [2.45, 2.75) is 51.6 Å². The molecule has 1 aromatic rings. The Labute approximate surface area is 135 Å². The fourth-order valence-corrected chi connectivity index (χ4v) is 4.80. The highest BCUT2D eigenvalue weighted by atomic mass is 127. The number of rotatable bonds is 6. The Morgan fingerprint density at radius 3 is 3.11 bits per heavy atom. The number of halogens is 1. The lowest BCUT2D eigenvalue weighted by Crippen LogP contribution is -2.36. The molecule has 0 saturated carbocycles. The Morgan fingerprint density at radius 2 is 2.37 bits per heavy atom. The lowest BCUT2D eigenvalue weighted by atomic mass is 9.94. The molecule has 1 N–H and O–H groups in total. The number of hydrogen-bond acceptors (Lipinski definition) is 3. The molecular formula is C15H25IN2S. The first kappa shape index (κ1) is 15.7. The van der Waals surface area contributed by atoms with Gasteiger partial charge in [0, 0.05) is 30.1 Å². The van der Waals surface area contributed by atoms with E-state index in [9.17, 15) is 0 Å². The molecule has 2 nitrogen and oxygen atoms in total. The van der Waals surface area contributed by atoms with Crippen molar-refractivity contribution in [2.24, 2.45) is 0 Å². The summed E-state index contributed by atoms with van der Waals surface area (Å²) >= 11 is 4.43. The summed E-state index contributed by atoms with van der Waals surface area (Å²) < 4.78 is 1.44. The molecule has 0 fully saturated rings. The number of nitrogens with zero attached hydrogens (tertiary/aromatic N) is 1. The molecule has 2 unspecified atom stereocenters. The zero-order valence-corrected chi connectivity index (χ0v) is 15.2. The quantitative estimate of drug-likeness (QED) is 0.735. The van der Waals surface area contributed by atoms with E-state index < -0.39 is 0 Å². The van der Waals surface area contributed by atoms with Gasteiger partial charge in [-0.25, -0.2) is 0 Å². The maximum atomic E-state index is 3.76. The molecule has 2 atom stereocenters. The SMILES string of the molecule is CCC(C)N(C)CCNC1CCCc2sc(I)cc21. The van der Waals surface area contributed by atoms with Gasteiger partial charge in [-0.2, -0.15) is 0 Å². The normalized spacial score (nSPS) is 20.6. The largest absolute Gasteiger partial charge is 0.309 e. The molecule has 0 aromatic carbocycles. The van der Waals surface area contributed by atoms with Gasteiger partial charge in [-0.05, 0) is 73.9 Å². The number of thiophene rings is 1. The number of hydrogen-bond donors (Lipinski definition) is 1. The summed E-state index contributed by atoms with van der Waals surface area (Å²) in [6.07, 6.45) is 5.15. The summed E-state index contributed by atoms with van der Waals surface area (Å²) in [5, 5.41) is 3.76. The number of likely N-dealkylation sites (N-methyl/N-ethyl adjacent to an activating group) is 1. The summed E-state index contributed by atoms with van der Waals surface area (Å²) in [7, 11) is 2.23. The molecule has 0 saturated heterocycles. The Bertz CT molecular complexity index is 405. The van der Waals surface area contributed by atoms with E-state index in [1.807, 2.05) is 11.3 Å². The number of fused-ring (bicyclic) bond motifs is 1. The van der Waals surface area contributed by atoms with Gasteiger partial charge in [0.05, 0.1) is 2.88 Å². The topological polar surface area (TPSA) is 15.3 Å². The molecule has 1 aliphatic rings.